The molecule has 5 rings (SSSR count). The first-order valence-corrected chi connectivity index (χ1v) is 13.8. The first-order valence-electron chi connectivity index (χ1n) is 10.9. The van der Waals surface area contributed by atoms with E-state index in [0.717, 1.165) is 34.0 Å². The topological polar surface area (TPSA) is 37.4 Å². The number of hydrogen-bond donors (Lipinski definition) is 0. The van der Waals surface area contributed by atoms with E-state index in [2.05, 4.69) is 25.1 Å². The highest BCUT2D eigenvalue weighted by Crippen LogP contribution is 2.55. The van der Waals surface area contributed by atoms with E-state index >= 15 is 0 Å². The molecule has 2 heterocycles. The summed E-state index contributed by atoms with van der Waals surface area (Å²) in [6, 6.07) is 21.4. The fourth-order valence-corrected chi connectivity index (χ4v) is 8.20. The Bertz CT molecular complexity index is 1240. The highest BCUT2D eigenvalue weighted by molar-refractivity contribution is 7.99. The van der Waals surface area contributed by atoms with Crippen LogP contribution in [0.3, 0.4) is 0 Å². The normalized spacial score (nSPS) is 22.8. The van der Waals surface area contributed by atoms with Crippen molar-refractivity contribution in [2.45, 2.75) is 36.3 Å². The molecular formula is C26H26ClNO2S2. The van der Waals surface area contributed by atoms with Crippen LogP contribution in [0.15, 0.2) is 71.6 Å². The number of anilines is 1. The van der Waals surface area contributed by atoms with Crippen molar-refractivity contribution < 1.29 is 8.42 Å². The molecule has 0 N–H and O–H groups in total. The molecular weight excluding hydrogens is 458 g/mol. The second kappa shape index (κ2) is 8.44. The second-order valence-electron chi connectivity index (χ2n) is 8.81. The van der Waals surface area contributed by atoms with E-state index in [1.165, 1.54) is 11.1 Å². The maximum absolute atomic E-state index is 13.8. The number of benzene rings is 3. The van der Waals surface area contributed by atoms with E-state index in [4.69, 9.17) is 11.6 Å². The Kier molecular flexibility index (Phi) is 5.77. The number of rotatable bonds is 3. The van der Waals surface area contributed by atoms with Gasteiger partial charge in [-0.05, 0) is 73.4 Å². The molecule has 3 aromatic carbocycles. The van der Waals surface area contributed by atoms with Gasteiger partial charge in [-0.15, -0.1) is 0 Å². The van der Waals surface area contributed by atoms with Crippen molar-refractivity contribution in [3.8, 4) is 0 Å². The summed E-state index contributed by atoms with van der Waals surface area (Å²) < 4.78 is 29.3. The lowest BCUT2D eigenvalue weighted by molar-refractivity contribution is 0.386. The quantitative estimate of drug-likeness (QED) is 0.413. The van der Waals surface area contributed by atoms with Crippen molar-refractivity contribution in [3.05, 3.63) is 94.0 Å². The molecule has 3 nitrogen and oxygen atoms in total. The molecule has 0 bridgehead atoms. The van der Waals surface area contributed by atoms with Crippen LogP contribution in [-0.2, 0) is 10.0 Å². The first-order chi connectivity index (χ1) is 15.3. The Balaban J connectivity index is 1.62. The van der Waals surface area contributed by atoms with Crippen LogP contribution in [0.4, 0.5) is 5.69 Å². The van der Waals surface area contributed by atoms with Gasteiger partial charge in [-0.1, -0.05) is 59.1 Å². The molecule has 0 saturated carbocycles. The molecule has 0 aromatic heterocycles. The van der Waals surface area contributed by atoms with E-state index in [0.29, 0.717) is 17.4 Å². The zero-order valence-electron chi connectivity index (χ0n) is 18.2. The Morgan fingerprint density at radius 2 is 1.62 bits per heavy atom. The van der Waals surface area contributed by atoms with Gasteiger partial charge in [0, 0.05) is 22.7 Å². The lowest BCUT2D eigenvalue weighted by atomic mass is 9.76. The van der Waals surface area contributed by atoms with Gasteiger partial charge in [-0.3, -0.25) is 4.31 Å². The third kappa shape index (κ3) is 3.85. The number of nitrogens with zero attached hydrogens (tertiary/aromatic N) is 1. The number of hydrogen-bond acceptors (Lipinski definition) is 3. The summed E-state index contributed by atoms with van der Waals surface area (Å²) in [5, 5.41) is 0.953. The lowest BCUT2D eigenvalue weighted by Gasteiger charge is -2.46. The molecule has 1 fully saturated rings. The SMILES string of the molecule is Cc1ccc(S(=O)(=O)N2C[C@@H]3[C@@H](c4ccc(Cl)cc4)SCC[C@H]3c3cc(C)ccc32)cc1. The van der Waals surface area contributed by atoms with Gasteiger partial charge >= 0.3 is 0 Å². The summed E-state index contributed by atoms with van der Waals surface area (Å²) in [6.45, 7) is 4.53. The molecule has 2 aliphatic rings. The third-order valence-electron chi connectivity index (χ3n) is 6.67. The summed E-state index contributed by atoms with van der Waals surface area (Å²) in [5.74, 6) is 1.60. The predicted octanol–water partition coefficient (Wildman–Crippen LogP) is 6.74. The minimum Gasteiger partial charge on any atom is -0.266 e. The summed E-state index contributed by atoms with van der Waals surface area (Å²) in [7, 11) is -3.66. The predicted molar refractivity (Wildman–Crippen MR) is 134 cm³/mol. The standard InChI is InChI=1S/C26H26ClNO2S2/c1-17-3-10-21(11-4-17)32(29,30)28-16-24-22(23-15-18(2)5-12-25(23)28)13-14-31-26(24)19-6-8-20(27)9-7-19/h3-12,15,22,24,26H,13-14,16H2,1-2H3/t22-,24-,26+/m0/s1. The van der Waals surface area contributed by atoms with E-state index in [1.807, 2.05) is 55.1 Å². The van der Waals surface area contributed by atoms with Crippen LogP contribution in [0.1, 0.15) is 39.8 Å². The molecule has 0 unspecified atom stereocenters. The van der Waals surface area contributed by atoms with Gasteiger partial charge in [0.05, 0.1) is 10.6 Å². The maximum Gasteiger partial charge on any atom is 0.264 e. The van der Waals surface area contributed by atoms with Crippen molar-refractivity contribution in [1.82, 2.24) is 0 Å². The van der Waals surface area contributed by atoms with Crippen molar-refractivity contribution in [2.24, 2.45) is 5.92 Å². The molecule has 6 heteroatoms. The van der Waals surface area contributed by atoms with Gasteiger partial charge in [-0.2, -0.15) is 11.8 Å². The molecule has 166 valence electrons. The van der Waals surface area contributed by atoms with Crippen molar-refractivity contribution >= 4 is 39.1 Å². The number of sulfonamides is 1. The monoisotopic (exact) mass is 483 g/mol. The first kappa shape index (κ1) is 21.9. The van der Waals surface area contributed by atoms with Gasteiger partial charge in [-0.25, -0.2) is 8.42 Å². The van der Waals surface area contributed by atoms with Crippen LogP contribution < -0.4 is 4.31 Å². The van der Waals surface area contributed by atoms with Gasteiger partial charge in [0.2, 0.25) is 0 Å². The molecule has 3 aromatic rings. The summed E-state index contributed by atoms with van der Waals surface area (Å²) >= 11 is 8.07. The number of thioether (sulfide) groups is 1. The van der Waals surface area contributed by atoms with Crippen LogP contribution in [0, 0.1) is 19.8 Å². The molecule has 2 aliphatic heterocycles. The average molecular weight is 484 g/mol. The van der Waals surface area contributed by atoms with Crippen LogP contribution in [0.25, 0.3) is 0 Å². The Morgan fingerprint density at radius 1 is 0.938 bits per heavy atom. The highest BCUT2D eigenvalue weighted by atomic mass is 35.5. The van der Waals surface area contributed by atoms with Crippen LogP contribution >= 0.6 is 23.4 Å². The zero-order valence-corrected chi connectivity index (χ0v) is 20.6. The zero-order chi connectivity index (χ0) is 22.5. The Hall–Kier alpha value is -1.95. The summed E-state index contributed by atoms with van der Waals surface area (Å²) in [6.07, 6.45) is 1.06. The van der Waals surface area contributed by atoms with Gasteiger partial charge < -0.3 is 0 Å². The molecule has 32 heavy (non-hydrogen) atoms. The molecule has 0 aliphatic carbocycles. The average Bonchev–Trinajstić information content (AvgIpc) is 2.79. The fourth-order valence-electron chi connectivity index (χ4n) is 5.03. The third-order valence-corrected chi connectivity index (χ3v) is 10.2. The number of halogens is 1. The van der Waals surface area contributed by atoms with Gasteiger partial charge in [0.1, 0.15) is 0 Å². The van der Waals surface area contributed by atoms with E-state index < -0.39 is 10.0 Å². The van der Waals surface area contributed by atoms with Crippen LogP contribution in [0.5, 0.6) is 0 Å². The van der Waals surface area contributed by atoms with Crippen LogP contribution in [0.2, 0.25) is 5.02 Å². The Labute approximate surface area is 199 Å². The largest absolute Gasteiger partial charge is 0.266 e. The minimum absolute atomic E-state index is 0.199. The molecule has 0 amide bonds. The molecule has 0 radical (unpaired) electrons. The van der Waals surface area contributed by atoms with E-state index in [9.17, 15) is 8.42 Å². The Morgan fingerprint density at radius 3 is 2.34 bits per heavy atom. The van der Waals surface area contributed by atoms with E-state index in [-0.39, 0.29) is 11.2 Å². The van der Waals surface area contributed by atoms with Gasteiger partial charge in [0.15, 0.2) is 0 Å². The van der Waals surface area contributed by atoms with Gasteiger partial charge in [0.25, 0.3) is 10.0 Å². The molecule has 1 saturated heterocycles. The van der Waals surface area contributed by atoms with E-state index in [1.54, 1.807) is 16.4 Å². The lowest BCUT2D eigenvalue weighted by Crippen LogP contribution is -2.44. The second-order valence-corrected chi connectivity index (χ2v) is 12.4. The number of fused-ring (bicyclic) bond motifs is 3. The minimum atomic E-state index is -3.66. The van der Waals surface area contributed by atoms with Crippen LogP contribution in [-0.4, -0.2) is 20.7 Å². The summed E-state index contributed by atoms with van der Waals surface area (Å²) in [4.78, 5) is 0.347. The summed E-state index contributed by atoms with van der Waals surface area (Å²) in [5.41, 5.74) is 5.43. The van der Waals surface area contributed by atoms with Crippen molar-refractivity contribution in [3.63, 3.8) is 0 Å². The molecule has 0 spiro atoms. The highest BCUT2D eigenvalue weighted by Gasteiger charge is 2.44. The fraction of sp³-hybridized carbons (Fsp3) is 0.308. The van der Waals surface area contributed by atoms with Crippen molar-refractivity contribution in [2.75, 3.05) is 16.6 Å². The molecule has 3 atom stereocenters. The smallest absolute Gasteiger partial charge is 0.264 e. The van der Waals surface area contributed by atoms with Crippen molar-refractivity contribution in [1.29, 1.82) is 0 Å². The maximum atomic E-state index is 13.8. The number of aryl methyl sites for hydroxylation is 2.